The summed E-state index contributed by atoms with van der Waals surface area (Å²) in [5.41, 5.74) is 4.50. The SMILES string of the molecule is CC(C)C[C@@H]1C(=O)N[C@H](C2Cc3ccccc3C2)C(=O)N1Cc1nc2ccccc2n1C. The molecule has 6 nitrogen and oxygen atoms in total. The molecule has 0 radical (unpaired) electrons. The summed E-state index contributed by atoms with van der Waals surface area (Å²) in [5.74, 6) is 1.16. The number of carbonyl (C=O) groups excluding carboxylic acids is 2. The van der Waals surface area contributed by atoms with E-state index in [1.165, 1.54) is 11.1 Å². The maximum atomic E-state index is 13.8. The summed E-state index contributed by atoms with van der Waals surface area (Å²) in [4.78, 5) is 33.6. The van der Waals surface area contributed by atoms with Crippen LogP contribution >= 0.6 is 0 Å². The summed E-state index contributed by atoms with van der Waals surface area (Å²) in [6, 6.07) is 15.3. The van der Waals surface area contributed by atoms with Crippen molar-refractivity contribution in [3.63, 3.8) is 0 Å². The lowest BCUT2D eigenvalue weighted by atomic mass is 9.90. The standard InChI is InChI=1S/C26H30N4O2/c1-16(2)12-22-25(31)28-24(19-13-17-8-4-5-9-18(17)14-19)26(32)30(22)15-23-27-20-10-6-7-11-21(20)29(23)3/h4-11,16,19,22,24H,12-15H2,1-3H3,(H,28,31)/t22-,24-/m1/s1. The Bertz CT molecular complexity index is 1160. The second-order valence-electron chi connectivity index (χ2n) is 9.61. The smallest absolute Gasteiger partial charge is 0.246 e. The summed E-state index contributed by atoms with van der Waals surface area (Å²) in [6.45, 7) is 4.51. The first-order chi connectivity index (χ1) is 15.4. The molecular weight excluding hydrogens is 400 g/mol. The molecule has 1 N–H and O–H groups in total. The van der Waals surface area contributed by atoms with Crippen LogP contribution in [0.3, 0.4) is 0 Å². The number of para-hydroxylation sites is 2. The van der Waals surface area contributed by atoms with Gasteiger partial charge >= 0.3 is 0 Å². The molecule has 2 heterocycles. The van der Waals surface area contributed by atoms with E-state index in [1.54, 1.807) is 4.90 Å². The van der Waals surface area contributed by atoms with E-state index in [1.807, 2.05) is 48.0 Å². The van der Waals surface area contributed by atoms with E-state index in [2.05, 4.69) is 31.3 Å². The van der Waals surface area contributed by atoms with Gasteiger partial charge in [-0.3, -0.25) is 9.59 Å². The summed E-state index contributed by atoms with van der Waals surface area (Å²) < 4.78 is 2.03. The van der Waals surface area contributed by atoms with Gasteiger partial charge in [-0.05, 0) is 54.4 Å². The van der Waals surface area contributed by atoms with Crippen molar-refractivity contribution >= 4 is 22.8 Å². The van der Waals surface area contributed by atoms with Crippen LogP contribution in [0.5, 0.6) is 0 Å². The Morgan fingerprint density at radius 2 is 1.69 bits per heavy atom. The second-order valence-corrected chi connectivity index (χ2v) is 9.61. The molecule has 166 valence electrons. The summed E-state index contributed by atoms with van der Waals surface area (Å²) in [5, 5.41) is 3.10. The highest BCUT2D eigenvalue weighted by Gasteiger charge is 2.45. The quantitative estimate of drug-likeness (QED) is 0.676. The Morgan fingerprint density at radius 1 is 1.03 bits per heavy atom. The third-order valence-electron chi connectivity index (χ3n) is 6.97. The minimum atomic E-state index is -0.493. The zero-order chi connectivity index (χ0) is 22.4. The molecule has 1 aromatic heterocycles. The largest absolute Gasteiger partial charge is 0.342 e. The first kappa shape index (κ1) is 20.7. The first-order valence-corrected chi connectivity index (χ1v) is 11.5. The Hall–Kier alpha value is -3.15. The molecule has 1 fully saturated rings. The number of nitrogens with zero attached hydrogens (tertiary/aromatic N) is 3. The van der Waals surface area contributed by atoms with E-state index in [9.17, 15) is 9.59 Å². The number of imidazole rings is 1. The van der Waals surface area contributed by atoms with Crippen molar-refractivity contribution in [2.75, 3.05) is 0 Å². The third-order valence-corrected chi connectivity index (χ3v) is 6.97. The number of fused-ring (bicyclic) bond motifs is 2. The molecule has 6 heteroatoms. The van der Waals surface area contributed by atoms with Crippen LogP contribution in [0.25, 0.3) is 11.0 Å². The van der Waals surface area contributed by atoms with Gasteiger partial charge in [0.2, 0.25) is 11.8 Å². The van der Waals surface area contributed by atoms with Gasteiger partial charge in [0.25, 0.3) is 0 Å². The number of aryl methyl sites for hydroxylation is 1. The van der Waals surface area contributed by atoms with Crippen LogP contribution in [0.4, 0.5) is 0 Å². The molecule has 0 saturated carbocycles. The van der Waals surface area contributed by atoms with Crippen molar-refractivity contribution in [3.8, 4) is 0 Å². The fourth-order valence-electron chi connectivity index (χ4n) is 5.29. The van der Waals surface area contributed by atoms with Crippen LogP contribution in [0, 0.1) is 11.8 Å². The Labute approximate surface area is 188 Å². The van der Waals surface area contributed by atoms with Crippen LogP contribution in [0.15, 0.2) is 48.5 Å². The molecular formula is C26H30N4O2. The molecule has 0 unspecified atom stereocenters. The highest BCUT2D eigenvalue weighted by Crippen LogP contribution is 2.32. The average Bonchev–Trinajstić information content (AvgIpc) is 3.34. The molecule has 3 aromatic rings. The molecule has 2 aromatic carbocycles. The van der Waals surface area contributed by atoms with Gasteiger partial charge in [-0.2, -0.15) is 0 Å². The van der Waals surface area contributed by atoms with Crippen LogP contribution < -0.4 is 5.32 Å². The number of benzene rings is 2. The van der Waals surface area contributed by atoms with E-state index in [0.29, 0.717) is 18.9 Å². The second kappa shape index (κ2) is 8.08. The number of hydrogen-bond donors (Lipinski definition) is 1. The van der Waals surface area contributed by atoms with Gasteiger partial charge in [-0.25, -0.2) is 4.98 Å². The summed E-state index contributed by atoms with van der Waals surface area (Å²) >= 11 is 0. The van der Waals surface area contributed by atoms with E-state index in [-0.39, 0.29) is 17.7 Å². The van der Waals surface area contributed by atoms with Crippen molar-refractivity contribution in [3.05, 3.63) is 65.5 Å². The topological polar surface area (TPSA) is 67.2 Å². The number of hydrogen-bond acceptors (Lipinski definition) is 3. The molecule has 2 atom stereocenters. The van der Waals surface area contributed by atoms with Gasteiger partial charge in [0.05, 0.1) is 17.6 Å². The number of aromatic nitrogens is 2. The Kier molecular flexibility index (Phi) is 5.24. The van der Waals surface area contributed by atoms with Gasteiger partial charge in [0, 0.05) is 7.05 Å². The van der Waals surface area contributed by atoms with Crippen LogP contribution in [-0.4, -0.2) is 38.3 Å². The maximum Gasteiger partial charge on any atom is 0.246 e. The maximum absolute atomic E-state index is 13.8. The third kappa shape index (κ3) is 3.57. The zero-order valence-electron chi connectivity index (χ0n) is 18.9. The van der Waals surface area contributed by atoms with Gasteiger partial charge in [0.1, 0.15) is 17.9 Å². The van der Waals surface area contributed by atoms with Gasteiger partial charge in [0.15, 0.2) is 0 Å². The number of nitrogens with one attached hydrogen (secondary N) is 1. The molecule has 5 rings (SSSR count). The summed E-state index contributed by atoms with van der Waals surface area (Å²) in [6.07, 6.45) is 2.28. The molecule has 1 saturated heterocycles. The van der Waals surface area contributed by atoms with Gasteiger partial charge in [-0.15, -0.1) is 0 Å². The average molecular weight is 431 g/mol. The lowest BCUT2D eigenvalue weighted by Crippen LogP contribution is -2.65. The van der Waals surface area contributed by atoms with E-state index in [4.69, 9.17) is 4.98 Å². The number of amides is 2. The molecule has 32 heavy (non-hydrogen) atoms. The molecule has 2 amide bonds. The molecule has 1 aliphatic carbocycles. The highest BCUT2D eigenvalue weighted by molar-refractivity contribution is 5.97. The fraction of sp³-hybridized carbons (Fsp3) is 0.423. The molecule has 0 bridgehead atoms. The molecule has 0 spiro atoms. The summed E-state index contributed by atoms with van der Waals surface area (Å²) in [7, 11) is 1.97. The normalized spacial score (nSPS) is 21.4. The number of piperazine rings is 1. The first-order valence-electron chi connectivity index (χ1n) is 11.5. The van der Waals surface area contributed by atoms with E-state index >= 15 is 0 Å². The Morgan fingerprint density at radius 3 is 2.34 bits per heavy atom. The number of rotatable bonds is 5. The van der Waals surface area contributed by atoms with Crippen molar-refractivity contribution in [1.29, 1.82) is 0 Å². The number of carbonyl (C=O) groups is 2. The molecule has 1 aliphatic heterocycles. The fourth-order valence-corrected chi connectivity index (χ4v) is 5.29. The lowest BCUT2D eigenvalue weighted by Gasteiger charge is -2.41. The Balaban J connectivity index is 1.46. The zero-order valence-corrected chi connectivity index (χ0v) is 18.9. The van der Waals surface area contributed by atoms with E-state index in [0.717, 1.165) is 29.7 Å². The van der Waals surface area contributed by atoms with Crippen molar-refractivity contribution in [2.24, 2.45) is 18.9 Å². The molecule has 2 aliphatic rings. The van der Waals surface area contributed by atoms with Crippen LogP contribution in [0.1, 0.15) is 37.2 Å². The highest BCUT2D eigenvalue weighted by atomic mass is 16.2. The van der Waals surface area contributed by atoms with Gasteiger partial charge < -0.3 is 14.8 Å². The monoisotopic (exact) mass is 430 g/mol. The minimum absolute atomic E-state index is 0.0140. The van der Waals surface area contributed by atoms with Crippen molar-refractivity contribution < 1.29 is 9.59 Å². The van der Waals surface area contributed by atoms with Gasteiger partial charge in [-0.1, -0.05) is 50.2 Å². The van der Waals surface area contributed by atoms with Crippen LogP contribution in [-0.2, 0) is 36.0 Å². The predicted octanol–water partition coefficient (Wildman–Crippen LogP) is 3.23. The minimum Gasteiger partial charge on any atom is -0.342 e. The van der Waals surface area contributed by atoms with Crippen LogP contribution in [0.2, 0.25) is 0 Å². The van der Waals surface area contributed by atoms with E-state index < -0.39 is 12.1 Å². The van der Waals surface area contributed by atoms with Crippen molar-refractivity contribution in [1.82, 2.24) is 19.8 Å². The lowest BCUT2D eigenvalue weighted by molar-refractivity contribution is -0.152. The predicted molar refractivity (Wildman–Crippen MR) is 124 cm³/mol. The van der Waals surface area contributed by atoms with Crippen molar-refractivity contribution in [2.45, 2.75) is 51.7 Å².